The molecule has 1 aromatic heterocycles. The lowest BCUT2D eigenvalue weighted by atomic mass is 9.92. The summed E-state index contributed by atoms with van der Waals surface area (Å²) in [6, 6.07) is 2.07. The largest absolute Gasteiger partial charge is 0.325 e. The first-order valence-electron chi connectivity index (χ1n) is 5.35. The highest BCUT2D eigenvalue weighted by Crippen LogP contribution is 2.34. The first-order valence-corrected chi connectivity index (χ1v) is 5.35. The lowest BCUT2D eigenvalue weighted by Crippen LogP contribution is -2.39. The standard InChI is InChI=1S/C11H19N3/c1-9-3-5-11(12,7-9)8-10-4-6-14(2)13-10/h4,6,9H,3,5,7-8,12H2,1-2H3. The quantitative estimate of drug-likeness (QED) is 0.773. The van der Waals surface area contributed by atoms with Crippen LogP contribution in [0.5, 0.6) is 0 Å². The molecule has 14 heavy (non-hydrogen) atoms. The van der Waals surface area contributed by atoms with E-state index in [0.29, 0.717) is 0 Å². The van der Waals surface area contributed by atoms with E-state index >= 15 is 0 Å². The SMILES string of the molecule is CC1CCC(N)(Cc2ccn(C)n2)C1. The van der Waals surface area contributed by atoms with Gasteiger partial charge in [0.15, 0.2) is 0 Å². The normalized spacial score (nSPS) is 32.4. The topological polar surface area (TPSA) is 43.8 Å². The van der Waals surface area contributed by atoms with E-state index in [1.165, 1.54) is 6.42 Å². The molecule has 2 unspecified atom stereocenters. The maximum Gasteiger partial charge on any atom is 0.0642 e. The molecule has 0 radical (unpaired) electrons. The van der Waals surface area contributed by atoms with Gasteiger partial charge in [0, 0.05) is 25.2 Å². The van der Waals surface area contributed by atoms with Crippen molar-refractivity contribution in [3.05, 3.63) is 18.0 Å². The first-order chi connectivity index (χ1) is 6.57. The van der Waals surface area contributed by atoms with Crippen LogP contribution in [0.15, 0.2) is 12.3 Å². The van der Waals surface area contributed by atoms with Crippen molar-refractivity contribution in [1.82, 2.24) is 9.78 Å². The van der Waals surface area contributed by atoms with Crippen LogP contribution in [0.1, 0.15) is 31.9 Å². The highest BCUT2D eigenvalue weighted by molar-refractivity contribution is 5.07. The summed E-state index contributed by atoms with van der Waals surface area (Å²) in [5, 5.41) is 4.38. The molecule has 3 heteroatoms. The third-order valence-corrected chi connectivity index (χ3v) is 3.19. The van der Waals surface area contributed by atoms with Crippen LogP contribution >= 0.6 is 0 Å². The van der Waals surface area contributed by atoms with Crippen LogP contribution in [-0.2, 0) is 13.5 Å². The first kappa shape index (κ1) is 9.71. The van der Waals surface area contributed by atoms with E-state index in [0.717, 1.165) is 30.9 Å². The number of nitrogens with two attached hydrogens (primary N) is 1. The van der Waals surface area contributed by atoms with Crippen LogP contribution in [0.2, 0.25) is 0 Å². The molecule has 0 spiro atoms. The average Bonchev–Trinajstić information content (AvgIpc) is 2.60. The van der Waals surface area contributed by atoms with Gasteiger partial charge in [-0.25, -0.2) is 0 Å². The number of rotatable bonds is 2. The van der Waals surface area contributed by atoms with Crippen molar-refractivity contribution in [2.45, 2.75) is 38.1 Å². The maximum atomic E-state index is 6.34. The summed E-state index contributed by atoms with van der Waals surface area (Å²) in [5.74, 6) is 0.781. The fraction of sp³-hybridized carbons (Fsp3) is 0.727. The van der Waals surface area contributed by atoms with E-state index < -0.39 is 0 Å². The van der Waals surface area contributed by atoms with Gasteiger partial charge < -0.3 is 5.73 Å². The van der Waals surface area contributed by atoms with Crippen molar-refractivity contribution in [3.63, 3.8) is 0 Å². The average molecular weight is 193 g/mol. The third-order valence-electron chi connectivity index (χ3n) is 3.19. The molecule has 3 nitrogen and oxygen atoms in total. The van der Waals surface area contributed by atoms with Gasteiger partial charge in [0.25, 0.3) is 0 Å². The highest BCUT2D eigenvalue weighted by Gasteiger charge is 2.34. The molecular formula is C11H19N3. The number of hydrogen-bond donors (Lipinski definition) is 1. The summed E-state index contributed by atoms with van der Waals surface area (Å²) in [5.41, 5.74) is 7.48. The van der Waals surface area contributed by atoms with Gasteiger partial charge in [0.1, 0.15) is 0 Å². The molecule has 2 N–H and O–H groups in total. The molecular weight excluding hydrogens is 174 g/mol. The summed E-state index contributed by atoms with van der Waals surface area (Å²) in [7, 11) is 1.95. The van der Waals surface area contributed by atoms with E-state index in [9.17, 15) is 0 Å². The molecule has 0 bridgehead atoms. The minimum Gasteiger partial charge on any atom is -0.325 e. The van der Waals surface area contributed by atoms with Gasteiger partial charge in [-0.05, 0) is 31.2 Å². The Morgan fingerprint density at radius 1 is 1.71 bits per heavy atom. The minimum absolute atomic E-state index is 0.00771. The zero-order valence-corrected chi connectivity index (χ0v) is 9.03. The summed E-state index contributed by atoms with van der Waals surface area (Å²) in [6.07, 6.45) is 6.47. The Labute approximate surface area is 85.3 Å². The molecule has 0 saturated heterocycles. The second kappa shape index (κ2) is 3.39. The molecule has 78 valence electrons. The minimum atomic E-state index is 0.00771. The van der Waals surface area contributed by atoms with Gasteiger partial charge in [-0.15, -0.1) is 0 Å². The smallest absolute Gasteiger partial charge is 0.0642 e. The van der Waals surface area contributed by atoms with Crippen LogP contribution in [0.25, 0.3) is 0 Å². The van der Waals surface area contributed by atoms with E-state index in [-0.39, 0.29) is 5.54 Å². The highest BCUT2D eigenvalue weighted by atomic mass is 15.2. The Morgan fingerprint density at radius 3 is 3.00 bits per heavy atom. The second-order valence-electron chi connectivity index (χ2n) is 4.87. The predicted molar refractivity (Wildman–Crippen MR) is 56.8 cm³/mol. The maximum absolute atomic E-state index is 6.34. The molecule has 0 amide bonds. The summed E-state index contributed by atoms with van der Waals surface area (Å²) < 4.78 is 1.84. The number of nitrogens with zero attached hydrogens (tertiary/aromatic N) is 2. The lowest BCUT2D eigenvalue weighted by molar-refractivity contribution is 0.413. The molecule has 1 heterocycles. The zero-order valence-electron chi connectivity index (χ0n) is 9.03. The number of aryl methyl sites for hydroxylation is 1. The molecule has 1 aliphatic rings. The second-order valence-corrected chi connectivity index (χ2v) is 4.87. The molecule has 1 saturated carbocycles. The van der Waals surface area contributed by atoms with Crippen molar-refractivity contribution < 1.29 is 0 Å². The molecule has 0 aliphatic heterocycles. The van der Waals surface area contributed by atoms with E-state index in [1.54, 1.807) is 0 Å². The van der Waals surface area contributed by atoms with Gasteiger partial charge in [-0.1, -0.05) is 6.92 Å². The zero-order chi connectivity index (χ0) is 10.2. The number of aromatic nitrogens is 2. The van der Waals surface area contributed by atoms with Crippen LogP contribution in [0.3, 0.4) is 0 Å². The van der Waals surface area contributed by atoms with Crippen molar-refractivity contribution in [2.24, 2.45) is 18.7 Å². The van der Waals surface area contributed by atoms with Gasteiger partial charge >= 0.3 is 0 Å². The Kier molecular flexibility index (Phi) is 2.35. The fourth-order valence-corrected chi connectivity index (χ4v) is 2.51. The van der Waals surface area contributed by atoms with Crippen LogP contribution in [-0.4, -0.2) is 15.3 Å². The molecule has 1 aromatic rings. The third kappa shape index (κ3) is 1.98. The number of hydrogen-bond acceptors (Lipinski definition) is 2. The Hall–Kier alpha value is -0.830. The summed E-state index contributed by atoms with van der Waals surface area (Å²) in [4.78, 5) is 0. The fourth-order valence-electron chi connectivity index (χ4n) is 2.51. The Balaban J connectivity index is 2.03. The van der Waals surface area contributed by atoms with E-state index in [1.807, 2.05) is 17.9 Å². The predicted octanol–water partition coefficient (Wildman–Crippen LogP) is 1.48. The van der Waals surface area contributed by atoms with Crippen molar-refractivity contribution >= 4 is 0 Å². The van der Waals surface area contributed by atoms with Gasteiger partial charge in [-0.3, -0.25) is 4.68 Å². The lowest BCUT2D eigenvalue weighted by Gasteiger charge is -2.22. The van der Waals surface area contributed by atoms with Gasteiger partial charge in [0.2, 0.25) is 0 Å². The Bertz CT molecular complexity index is 318. The van der Waals surface area contributed by atoms with Gasteiger partial charge in [-0.2, -0.15) is 5.10 Å². The van der Waals surface area contributed by atoms with E-state index in [2.05, 4.69) is 18.1 Å². The Morgan fingerprint density at radius 2 is 2.50 bits per heavy atom. The molecule has 2 rings (SSSR count). The summed E-state index contributed by atoms with van der Waals surface area (Å²) in [6.45, 7) is 2.28. The van der Waals surface area contributed by atoms with Gasteiger partial charge in [0.05, 0.1) is 5.69 Å². The summed E-state index contributed by atoms with van der Waals surface area (Å²) >= 11 is 0. The molecule has 2 atom stereocenters. The molecule has 1 fully saturated rings. The van der Waals surface area contributed by atoms with Crippen LogP contribution in [0.4, 0.5) is 0 Å². The monoisotopic (exact) mass is 193 g/mol. The van der Waals surface area contributed by atoms with E-state index in [4.69, 9.17) is 5.73 Å². The van der Waals surface area contributed by atoms with Crippen molar-refractivity contribution in [2.75, 3.05) is 0 Å². The molecule has 0 aromatic carbocycles. The van der Waals surface area contributed by atoms with Crippen molar-refractivity contribution in [3.8, 4) is 0 Å². The molecule has 1 aliphatic carbocycles. The van der Waals surface area contributed by atoms with Crippen molar-refractivity contribution in [1.29, 1.82) is 0 Å². The van der Waals surface area contributed by atoms with Crippen LogP contribution in [0, 0.1) is 5.92 Å². The van der Waals surface area contributed by atoms with Crippen LogP contribution < -0.4 is 5.73 Å².